The molecule has 0 amide bonds. The molecule has 0 radical (unpaired) electrons. The van der Waals surface area contributed by atoms with Crippen molar-refractivity contribution in [2.75, 3.05) is 13.7 Å². The zero-order valence-corrected chi connectivity index (χ0v) is 16.3. The second kappa shape index (κ2) is 7.95. The predicted molar refractivity (Wildman–Crippen MR) is 105 cm³/mol. The molecule has 1 aliphatic heterocycles. The molecule has 5 nitrogen and oxygen atoms in total. The molecule has 3 heterocycles. The molecule has 144 valence electrons. The molecule has 27 heavy (non-hydrogen) atoms. The molecule has 2 fully saturated rings. The first-order valence-electron chi connectivity index (χ1n) is 10.0. The van der Waals surface area contributed by atoms with Crippen LogP contribution in [0.2, 0.25) is 0 Å². The third-order valence-electron chi connectivity index (χ3n) is 6.24. The summed E-state index contributed by atoms with van der Waals surface area (Å²) < 4.78 is 12.2. The molecule has 0 unspecified atom stereocenters. The third kappa shape index (κ3) is 3.85. The maximum absolute atomic E-state index is 6.17. The van der Waals surface area contributed by atoms with Crippen molar-refractivity contribution in [3.05, 3.63) is 54.0 Å². The maximum atomic E-state index is 6.17. The SMILES string of the molecule is CCc1ccc(CN2CC[C@]3(OC)CC[C@@H](Oc4ccccn4)C[C@H]23)nc1. The lowest BCUT2D eigenvalue weighted by Crippen LogP contribution is -2.52. The molecule has 1 saturated carbocycles. The fraction of sp³-hybridized carbons (Fsp3) is 0.545. The van der Waals surface area contributed by atoms with Gasteiger partial charge < -0.3 is 9.47 Å². The Bertz CT molecular complexity index is 737. The van der Waals surface area contributed by atoms with Gasteiger partial charge in [0.25, 0.3) is 0 Å². The Labute approximate surface area is 161 Å². The number of likely N-dealkylation sites (tertiary alicyclic amines) is 1. The summed E-state index contributed by atoms with van der Waals surface area (Å²) in [4.78, 5) is 11.5. The van der Waals surface area contributed by atoms with Gasteiger partial charge in [-0.25, -0.2) is 4.98 Å². The molecular formula is C22H29N3O2. The van der Waals surface area contributed by atoms with E-state index in [-0.39, 0.29) is 11.7 Å². The van der Waals surface area contributed by atoms with Gasteiger partial charge in [0.15, 0.2) is 0 Å². The van der Waals surface area contributed by atoms with Gasteiger partial charge in [0.1, 0.15) is 6.10 Å². The summed E-state index contributed by atoms with van der Waals surface area (Å²) in [6.45, 7) is 4.08. The molecule has 0 N–H and O–H groups in total. The minimum absolute atomic E-state index is 0.0483. The van der Waals surface area contributed by atoms with Crippen LogP contribution in [0.15, 0.2) is 42.7 Å². The second-order valence-electron chi connectivity index (χ2n) is 7.70. The van der Waals surface area contributed by atoms with Gasteiger partial charge in [-0.1, -0.05) is 19.1 Å². The van der Waals surface area contributed by atoms with Crippen LogP contribution in [0.4, 0.5) is 0 Å². The molecule has 2 aromatic heterocycles. The topological polar surface area (TPSA) is 47.5 Å². The average molecular weight is 367 g/mol. The van der Waals surface area contributed by atoms with Crippen LogP contribution in [0.5, 0.6) is 5.88 Å². The highest BCUT2D eigenvalue weighted by molar-refractivity contribution is 5.16. The van der Waals surface area contributed by atoms with E-state index in [4.69, 9.17) is 9.47 Å². The van der Waals surface area contributed by atoms with Crippen LogP contribution in [0, 0.1) is 0 Å². The van der Waals surface area contributed by atoms with Gasteiger partial charge in [-0.05, 0) is 43.4 Å². The highest BCUT2D eigenvalue weighted by Gasteiger charge is 2.51. The molecule has 0 bridgehead atoms. The Kier molecular flexibility index (Phi) is 5.41. The summed E-state index contributed by atoms with van der Waals surface area (Å²) in [5.41, 5.74) is 2.37. The minimum Gasteiger partial charge on any atom is -0.474 e. The summed E-state index contributed by atoms with van der Waals surface area (Å²) in [5, 5.41) is 0. The van der Waals surface area contributed by atoms with Gasteiger partial charge in [0, 0.05) is 51.1 Å². The predicted octanol–water partition coefficient (Wildman–Crippen LogP) is 3.63. The summed E-state index contributed by atoms with van der Waals surface area (Å²) >= 11 is 0. The van der Waals surface area contributed by atoms with Crippen LogP contribution in [-0.4, -0.2) is 46.3 Å². The normalized spacial score (nSPS) is 28.1. The van der Waals surface area contributed by atoms with E-state index in [9.17, 15) is 0 Å². The Morgan fingerprint density at radius 2 is 2.11 bits per heavy atom. The lowest BCUT2D eigenvalue weighted by atomic mass is 9.79. The first-order valence-corrected chi connectivity index (χ1v) is 10.0. The van der Waals surface area contributed by atoms with E-state index < -0.39 is 0 Å². The first kappa shape index (κ1) is 18.4. The molecule has 0 aromatic carbocycles. The number of aromatic nitrogens is 2. The van der Waals surface area contributed by atoms with Gasteiger partial charge >= 0.3 is 0 Å². The monoisotopic (exact) mass is 367 g/mol. The fourth-order valence-corrected chi connectivity index (χ4v) is 4.61. The highest BCUT2D eigenvalue weighted by atomic mass is 16.5. The quantitative estimate of drug-likeness (QED) is 0.780. The van der Waals surface area contributed by atoms with E-state index in [2.05, 4.69) is 33.9 Å². The lowest BCUT2D eigenvalue weighted by Gasteiger charge is -2.43. The summed E-state index contributed by atoms with van der Waals surface area (Å²) in [6.07, 6.45) is 9.09. The maximum Gasteiger partial charge on any atom is 0.213 e. The van der Waals surface area contributed by atoms with E-state index in [1.165, 1.54) is 5.56 Å². The van der Waals surface area contributed by atoms with E-state index >= 15 is 0 Å². The molecule has 5 heteroatoms. The van der Waals surface area contributed by atoms with Crippen LogP contribution in [0.1, 0.15) is 43.9 Å². The molecular weight excluding hydrogens is 338 g/mol. The fourth-order valence-electron chi connectivity index (χ4n) is 4.61. The number of fused-ring (bicyclic) bond motifs is 1. The Balaban J connectivity index is 1.46. The molecule has 0 spiro atoms. The van der Waals surface area contributed by atoms with Crippen LogP contribution in [0.25, 0.3) is 0 Å². The number of nitrogens with zero attached hydrogens (tertiary/aromatic N) is 3. The third-order valence-corrected chi connectivity index (χ3v) is 6.24. The summed E-state index contributed by atoms with van der Waals surface area (Å²) in [7, 11) is 1.87. The van der Waals surface area contributed by atoms with E-state index in [1.54, 1.807) is 6.20 Å². The largest absolute Gasteiger partial charge is 0.474 e. The minimum atomic E-state index is -0.0483. The Hall–Kier alpha value is -1.98. The Morgan fingerprint density at radius 3 is 2.81 bits per heavy atom. The van der Waals surface area contributed by atoms with E-state index in [0.29, 0.717) is 11.9 Å². The van der Waals surface area contributed by atoms with Crippen molar-refractivity contribution in [3.63, 3.8) is 0 Å². The second-order valence-corrected chi connectivity index (χ2v) is 7.70. The number of hydrogen-bond acceptors (Lipinski definition) is 5. The molecule has 3 atom stereocenters. The number of methoxy groups -OCH3 is 1. The summed E-state index contributed by atoms with van der Waals surface area (Å²) in [5.74, 6) is 0.716. The van der Waals surface area contributed by atoms with Gasteiger partial charge in [-0.2, -0.15) is 0 Å². The number of rotatable bonds is 6. The standard InChI is InChI=1S/C22H29N3O2/c1-3-17-7-8-18(24-15-17)16-25-13-11-22(26-2)10-9-19(14-20(22)25)27-21-6-4-5-12-23-21/h4-8,12,15,19-20H,3,9-11,13-14,16H2,1-2H3/t19-,20+,22-/m1/s1. The average Bonchev–Trinajstić information content (AvgIpc) is 3.08. The van der Waals surface area contributed by atoms with Crippen molar-refractivity contribution in [1.82, 2.24) is 14.9 Å². The van der Waals surface area contributed by atoms with Crippen LogP contribution < -0.4 is 4.74 Å². The molecule has 1 aliphatic carbocycles. The Morgan fingerprint density at radius 1 is 1.19 bits per heavy atom. The number of pyridine rings is 2. The van der Waals surface area contributed by atoms with Crippen LogP contribution >= 0.6 is 0 Å². The highest BCUT2D eigenvalue weighted by Crippen LogP contribution is 2.43. The van der Waals surface area contributed by atoms with Crippen LogP contribution in [0.3, 0.4) is 0 Å². The number of aryl methyl sites for hydroxylation is 1. The van der Waals surface area contributed by atoms with Gasteiger partial charge in [-0.3, -0.25) is 9.88 Å². The van der Waals surface area contributed by atoms with Gasteiger partial charge in [0.05, 0.1) is 11.3 Å². The van der Waals surface area contributed by atoms with Gasteiger partial charge in [0.2, 0.25) is 5.88 Å². The summed E-state index contributed by atoms with van der Waals surface area (Å²) in [6, 6.07) is 10.5. The lowest BCUT2D eigenvalue weighted by molar-refractivity contribution is -0.0844. The van der Waals surface area contributed by atoms with Gasteiger partial charge in [-0.15, -0.1) is 0 Å². The first-order chi connectivity index (χ1) is 13.2. The number of ether oxygens (including phenoxy) is 2. The molecule has 2 aliphatic rings. The van der Waals surface area contributed by atoms with E-state index in [0.717, 1.165) is 50.9 Å². The zero-order valence-electron chi connectivity index (χ0n) is 16.3. The molecule has 2 aromatic rings. The molecule has 4 rings (SSSR count). The van der Waals surface area contributed by atoms with Crippen molar-refractivity contribution in [2.45, 2.75) is 63.3 Å². The van der Waals surface area contributed by atoms with Crippen molar-refractivity contribution in [1.29, 1.82) is 0 Å². The van der Waals surface area contributed by atoms with Crippen molar-refractivity contribution in [3.8, 4) is 5.88 Å². The van der Waals surface area contributed by atoms with Crippen molar-refractivity contribution < 1.29 is 9.47 Å². The number of hydrogen-bond donors (Lipinski definition) is 0. The van der Waals surface area contributed by atoms with Crippen molar-refractivity contribution >= 4 is 0 Å². The van der Waals surface area contributed by atoms with Crippen molar-refractivity contribution in [2.24, 2.45) is 0 Å². The van der Waals surface area contributed by atoms with Crippen LogP contribution in [-0.2, 0) is 17.7 Å². The smallest absolute Gasteiger partial charge is 0.213 e. The zero-order chi connectivity index (χ0) is 18.7. The molecule has 1 saturated heterocycles. The van der Waals surface area contributed by atoms with E-state index in [1.807, 2.05) is 31.5 Å².